The molecule has 0 aromatic heterocycles. The van der Waals surface area contributed by atoms with Crippen LogP contribution in [0.4, 0.5) is 5.69 Å². The molecular weight excluding hydrogens is 276 g/mol. The summed E-state index contributed by atoms with van der Waals surface area (Å²) in [5.74, 6) is 0. The second-order valence-electron chi connectivity index (χ2n) is 4.41. The number of benzene rings is 1. The molecule has 0 aliphatic rings. The lowest BCUT2D eigenvalue weighted by Gasteiger charge is -2.20. The van der Waals surface area contributed by atoms with Crippen LogP contribution >= 0.6 is 0 Å². The standard InChI is InChI=1S/C14H24N2O3S/c1-4-12-7-8-13(11-14(12)15)20(17,18)16(5-2)9-10-19-6-3/h7-8,11H,4-6,9-10,15H2,1-3H3. The van der Waals surface area contributed by atoms with E-state index in [1.54, 1.807) is 12.1 Å². The number of likely N-dealkylation sites (N-methyl/N-ethyl adjacent to an activating group) is 1. The first-order valence-electron chi connectivity index (χ1n) is 6.93. The van der Waals surface area contributed by atoms with E-state index in [2.05, 4.69) is 0 Å². The van der Waals surface area contributed by atoms with E-state index in [0.717, 1.165) is 12.0 Å². The van der Waals surface area contributed by atoms with Crippen molar-refractivity contribution in [2.75, 3.05) is 32.0 Å². The monoisotopic (exact) mass is 300 g/mol. The molecule has 0 aliphatic heterocycles. The minimum atomic E-state index is -3.51. The van der Waals surface area contributed by atoms with Crippen LogP contribution < -0.4 is 5.73 Å². The van der Waals surface area contributed by atoms with Gasteiger partial charge in [-0.3, -0.25) is 0 Å². The summed E-state index contributed by atoms with van der Waals surface area (Å²) in [5, 5.41) is 0. The van der Waals surface area contributed by atoms with Gasteiger partial charge in [-0.2, -0.15) is 4.31 Å². The fourth-order valence-corrected chi connectivity index (χ4v) is 3.43. The molecule has 1 aromatic carbocycles. The second kappa shape index (κ2) is 7.61. The van der Waals surface area contributed by atoms with Crippen LogP contribution in [0, 0.1) is 0 Å². The van der Waals surface area contributed by atoms with Crippen LogP contribution in [-0.2, 0) is 21.2 Å². The fourth-order valence-electron chi connectivity index (χ4n) is 1.96. The van der Waals surface area contributed by atoms with Crippen molar-refractivity contribution in [3.05, 3.63) is 23.8 Å². The Morgan fingerprint density at radius 2 is 1.95 bits per heavy atom. The Balaban J connectivity index is 2.98. The third-order valence-corrected chi connectivity index (χ3v) is 5.15. The number of hydrogen-bond donors (Lipinski definition) is 1. The predicted octanol–water partition coefficient (Wildman–Crippen LogP) is 1.88. The summed E-state index contributed by atoms with van der Waals surface area (Å²) in [5.41, 5.74) is 7.37. The summed E-state index contributed by atoms with van der Waals surface area (Å²) in [6.07, 6.45) is 0.786. The lowest BCUT2D eigenvalue weighted by atomic mass is 10.1. The Hall–Kier alpha value is -1.11. The lowest BCUT2D eigenvalue weighted by Crippen LogP contribution is -2.34. The van der Waals surface area contributed by atoms with Crippen LogP contribution in [0.5, 0.6) is 0 Å². The van der Waals surface area contributed by atoms with Crippen molar-refractivity contribution in [1.82, 2.24) is 4.31 Å². The minimum Gasteiger partial charge on any atom is -0.398 e. The summed E-state index contributed by atoms with van der Waals surface area (Å²) in [6, 6.07) is 4.93. The number of nitrogen functional groups attached to an aromatic ring is 1. The molecule has 0 fully saturated rings. The molecule has 0 heterocycles. The maximum absolute atomic E-state index is 12.5. The number of aryl methyl sites for hydroxylation is 1. The van der Waals surface area contributed by atoms with Crippen molar-refractivity contribution in [1.29, 1.82) is 0 Å². The molecule has 20 heavy (non-hydrogen) atoms. The molecule has 6 heteroatoms. The van der Waals surface area contributed by atoms with Crippen LogP contribution in [-0.4, -0.2) is 39.0 Å². The van der Waals surface area contributed by atoms with Gasteiger partial charge in [0.25, 0.3) is 0 Å². The van der Waals surface area contributed by atoms with Crippen molar-refractivity contribution in [3.8, 4) is 0 Å². The van der Waals surface area contributed by atoms with Gasteiger partial charge in [-0.15, -0.1) is 0 Å². The molecule has 5 nitrogen and oxygen atoms in total. The van der Waals surface area contributed by atoms with Gasteiger partial charge in [0.2, 0.25) is 10.0 Å². The number of nitrogens with zero attached hydrogens (tertiary/aromatic N) is 1. The van der Waals surface area contributed by atoms with Crippen molar-refractivity contribution in [3.63, 3.8) is 0 Å². The van der Waals surface area contributed by atoms with Gasteiger partial charge in [-0.05, 0) is 31.0 Å². The molecular formula is C14H24N2O3S. The Morgan fingerprint density at radius 1 is 1.25 bits per heavy atom. The molecule has 0 bridgehead atoms. The first-order chi connectivity index (χ1) is 9.47. The minimum absolute atomic E-state index is 0.241. The molecule has 0 amide bonds. The maximum Gasteiger partial charge on any atom is 0.243 e. The number of hydrogen-bond acceptors (Lipinski definition) is 4. The zero-order valence-corrected chi connectivity index (χ0v) is 13.2. The Bertz CT molecular complexity index is 529. The molecule has 0 unspecified atom stereocenters. The average molecular weight is 300 g/mol. The predicted molar refractivity (Wildman–Crippen MR) is 81.2 cm³/mol. The molecule has 2 N–H and O–H groups in total. The van der Waals surface area contributed by atoms with Gasteiger partial charge in [0.1, 0.15) is 0 Å². The van der Waals surface area contributed by atoms with Crippen molar-refractivity contribution < 1.29 is 13.2 Å². The smallest absolute Gasteiger partial charge is 0.243 e. The normalized spacial score (nSPS) is 12.0. The zero-order chi connectivity index (χ0) is 15.2. The largest absolute Gasteiger partial charge is 0.398 e. The van der Waals surface area contributed by atoms with E-state index in [9.17, 15) is 8.42 Å². The van der Waals surface area contributed by atoms with Gasteiger partial charge in [0.15, 0.2) is 0 Å². The van der Waals surface area contributed by atoms with Crippen molar-refractivity contribution in [2.24, 2.45) is 0 Å². The van der Waals surface area contributed by atoms with Crippen LogP contribution in [0.15, 0.2) is 23.1 Å². The Morgan fingerprint density at radius 3 is 2.45 bits per heavy atom. The van der Waals surface area contributed by atoms with Gasteiger partial charge in [0, 0.05) is 25.4 Å². The number of ether oxygens (including phenoxy) is 1. The molecule has 0 saturated heterocycles. The molecule has 0 saturated carbocycles. The number of anilines is 1. The van der Waals surface area contributed by atoms with E-state index in [4.69, 9.17) is 10.5 Å². The number of sulfonamides is 1. The highest BCUT2D eigenvalue weighted by Crippen LogP contribution is 2.21. The average Bonchev–Trinajstić information content (AvgIpc) is 2.43. The topological polar surface area (TPSA) is 72.6 Å². The second-order valence-corrected chi connectivity index (χ2v) is 6.35. The fraction of sp³-hybridized carbons (Fsp3) is 0.571. The van der Waals surface area contributed by atoms with Crippen molar-refractivity contribution in [2.45, 2.75) is 32.1 Å². The third-order valence-electron chi connectivity index (χ3n) is 3.18. The first-order valence-corrected chi connectivity index (χ1v) is 8.37. The van der Waals surface area contributed by atoms with E-state index < -0.39 is 10.0 Å². The van der Waals surface area contributed by atoms with Gasteiger partial charge in [-0.25, -0.2) is 8.42 Å². The molecule has 0 radical (unpaired) electrons. The quantitative estimate of drug-likeness (QED) is 0.587. The summed E-state index contributed by atoms with van der Waals surface area (Å²) in [7, 11) is -3.51. The van der Waals surface area contributed by atoms with E-state index in [-0.39, 0.29) is 4.90 Å². The van der Waals surface area contributed by atoms with Crippen LogP contribution in [0.2, 0.25) is 0 Å². The van der Waals surface area contributed by atoms with Crippen LogP contribution in [0.3, 0.4) is 0 Å². The third kappa shape index (κ3) is 3.94. The van der Waals surface area contributed by atoms with E-state index >= 15 is 0 Å². The van der Waals surface area contributed by atoms with Gasteiger partial charge in [0.05, 0.1) is 11.5 Å². The highest BCUT2D eigenvalue weighted by Gasteiger charge is 2.23. The zero-order valence-electron chi connectivity index (χ0n) is 12.4. The highest BCUT2D eigenvalue weighted by atomic mass is 32.2. The van der Waals surface area contributed by atoms with Crippen molar-refractivity contribution >= 4 is 15.7 Å². The summed E-state index contributed by atoms with van der Waals surface area (Å²) in [4.78, 5) is 0.241. The number of rotatable bonds is 8. The number of nitrogens with two attached hydrogens (primary N) is 1. The van der Waals surface area contributed by atoms with Gasteiger partial charge in [-0.1, -0.05) is 19.9 Å². The summed E-state index contributed by atoms with van der Waals surface area (Å²) < 4.78 is 31.7. The Labute approximate surface area is 121 Å². The van der Waals surface area contributed by atoms with Crippen LogP contribution in [0.25, 0.3) is 0 Å². The Kier molecular flexibility index (Phi) is 6.45. The van der Waals surface area contributed by atoms with E-state index in [0.29, 0.717) is 32.0 Å². The molecule has 0 atom stereocenters. The molecule has 1 rings (SSSR count). The summed E-state index contributed by atoms with van der Waals surface area (Å²) in [6.45, 7) is 7.41. The SMILES string of the molecule is CCOCCN(CC)S(=O)(=O)c1ccc(CC)c(N)c1. The molecule has 114 valence electrons. The summed E-state index contributed by atoms with van der Waals surface area (Å²) >= 11 is 0. The van der Waals surface area contributed by atoms with Gasteiger partial charge < -0.3 is 10.5 Å². The lowest BCUT2D eigenvalue weighted by molar-refractivity contribution is 0.135. The maximum atomic E-state index is 12.5. The van der Waals surface area contributed by atoms with E-state index in [1.807, 2.05) is 20.8 Å². The van der Waals surface area contributed by atoms with Gasteiger partial charge >= 0.3 is 0 Å². The van der Waals surface area contributed by atoms with Crippen LogP contribution in [0.1, 0.15) is 26.3 Å². The molecule has 0 spiro atoms. The first kappa shape index (κ1) is 16.9. The highest BCUT2D eigenvalue weighted by molar-refractivity contribution is 7.89. The molecule has 1 aromatic rings. The molecule has 0 aliphatic carbocycles. The van der Waals surface area contributed by atoms with E-state index in [1.165, 1.54) is 10.4 Å².